The van der Waals surface area contributed by atoms with Crippen molar-refractivity contribution in [3.05, 3.63) is 23.8 Å². The number of phenols is 1. The fourth-order valence-electron chi connectivity index (χ4n) is 1.77. The van der Waals surface area contributed by atoms with Crippen molar-refractivity contribution in [2.45, 2.75) is 32.3 Å². The first-order chi connectivity index (χ1) is 6.29. The molecule has 1 unspecified atom stereocenters. The van der Waals surface area contributed by atoms with E-state index in [2.05, 4.69) is 6.92 Å². The molecular formula is C11H14O2. The smallest absolute Gasteiger partial charge is 0.126 e. The van der Waals surface area contributed by atoms with Gasteiger partial charge in [0.2, 0.25) is 0 Å². The summed E-state index contributed by atoms with van der Waals surface area (Å²) in [4.78, 5) is 0. The number of hydrogen-bond acceptors (Lipinski definition) is 2. The highest BCUT2D eigenvalue weighted by Crippen LogP contribution is 2.33. The Morgan fingerprint density at radius 2 is 2.38 bits per heavy atom. The van der Waals surface area contributed by atoms with Crippen LogP contribution in [0.3, 0.4) is 0 Å². The molecule has 0 amide bonds. The van der Waals surface area contributed by atoms with Gasteiger partial charge in [0.25, 0.3) is 0 Å². The van der Waals surface area contributed by atoms with Crippen LogP contribution < -0.4 is 4.74 Å². The van der Waals surface area contributed by atoms with Crippen molar-refractivity contribution in [2.75, 3.05) is 0 Å². The van der Waals surface area contributed by atoms with E-state index in [0.717, 1.165) is 25.0 Å². The van der Waals surface area contributed by atoms with Gasteiger partial charge in [0.1, 0.15) is 17.6 Å². The molecule has 2 rings (SSSR count). The highest BCUT2D eigenvalue weighted by atomic mass is 16.5. The molecule has 1 N–H and O–H groups in total. The van der Waals surface area contributed by atoms with Crippen molar-refractivity contribution in [1.82, 2.24) is 0 Å². The second-order valence-electron chi connectivity index (χ2n) is 3.52. The Labute approximate surface area is 78.2 Å². The van der Waals surface area contributed by atoms with Gasteiger partial charge in [0.05, 0.1) is 0 Å². The van der Waals surface area contributed by atoms with Gasteiger partial charge < -0.3 is 9.84 Å². The van der Waals surface area contributed by atoms with Crippen LogP contribution in [0.25, 0.3) is 0 Å². The van der Waals surface area contributed by atoms with Crippen molar-refractivity contribution >= 4 is 0 Å². The van der Waals surface area contributed by atoms with Crippen molar-refractivity contribution in [2.24, 2.45) is 0 Å². The van der Waals surface area contributed by atoms with Gasteiger partial charge in [-0.3, -0.25) is 0 Å². The summed E-state index contributed by atoms with van der Waals surface area (Å²) < 4.78 is 5.67. The Bertz CT molecular complexity index is 307. The number of hydrogen-bond donors (Lipinski definition) is 1. The van der Waals surface area contributed by atoms with Crippen LogP contribution in [-0.4, -0.2) is 11.2 Å². The molecule has 1 aromatic carbocycles. The molecule has 1 heterocycles. The fourth-order valence-corrected chi connectivity index (χ4v) is 1.77. The Hall–Kier alpha value is -1.18. The summed E-state index contributed by atoms with van der Waals surface area (Å²) in [6.07, 6.45) is 3.55. The number of ether oxygens (including phenoxy) is 1. The number of aromatic hydroxyl groups is 1. The molecule has 70 valence electrons. The minimum atomic E-state index is 0.288. The van der Waals surface area contributed by atoms with E-state index in [0.29, 0.717) is 6.10 Å². The van der Waals surface area contributed by atoms with Crippen molar-refractivity contribution < 1.29 is 9.84 Å². The second kappa shape index (κ2) is 3.29. The minimum absolute atomic E-state index is 0.288. The molecule has 0 fully saturated rings. The van der Waals surface area contributed by atoms with Gasteiger partial charge in [0, 0.05) is 12.5 Å². The van der Waals surface area contributed by atoms with Gasteiger partial charge in [-0.15, -0.1) is 0 Å². The molecule has 13 heavy (non-hydrogen) atoms. The van der Waals surface area contributed by atoms with Crippen LogP contribution >= 0.6 is 0 Å². The molecular weight excluding hydrogens is 164 g/mol. The van der Waals surface area contributed by atoms with Crippen LogP contribution in [0.5, 0.6) is 11.5 Å². The van der Waals surface area contributed by atoms with Crippen molar-refractivity contribution in [3.8, 4) is 11.5 Å². The maximum Gasteiger partial charge on any atom is 0.126 e. The highest BCUT2D eigenvalue weighted by molar-refractivity contribution is 5.42. The summed E-state index contributed by atoms with van der Waals surface area (Å²) in [5.74, 6) is 1.15. The molecule has 1 atom stereocenters. The molecule has 1 aromatic rings. The van der Waals surface area contributed by atoms with Gasteiger partial charge >= 0.3 is 0 Å². The lowest BCUT2D eigenvalue weighted by molar-refractivity contribution is 0.220. The van der Waals surface area contributed by atoms with E-state index in [1.54, 1.807) is 12.1 Å². The molecule has 0 saturated heterocycles. The quantitative estimate of drug-likeness (QED) is 0.754. The molecule has 0 aromatic heterocycles. The van der Waals surface area contributed by atoms with Crippen LogP contribution in [0, 0.1) is 0 Å². The van der Waals surface area contributed by atoms with E-state index in [1.165, 1.54) is 5.56 Å². The lowest BCUT2D eigenvalue weighted by atomic mass is 10.1. The molecule has 0 aliphatic carbocycles. The topological polar surface area (TPSA) is 29.5 Å². The molecule has 0 spiro atoms. The standard InChI is InChI=1S/C11H14O2/c1-2-3-10-6-8-4-5-9(12)7-11(8)13-10/h4-5,7,10,12H,2-3,6H2,1H3. The summed E-state index contributed by atoms with van der Waals surface area (Å²) in [6, 6.07) is 5.36. The predicted molar refractivity (Wildman–Crippen MR) is 51.1 cm³/mol. The van der Waals surface area contributed by atoms with Gasteiger partial charge in [0.15, 0.2) is 0 Å². The van der Waals surface area contributed by atoms with Gasteiger partial charge in [-0.2, -0.15) is 0 Å². The summed E-state index contributed by atoms with van der Waals surface area (Å²) in [5.41, 5.74) is 1.22. The molecule has 0 saturated carbocycles. The number of fused-ring (bicyclic) bond motifs is 1. The zero-order valence-electron chi connectivity index (χ0n) is 7.79. The predicted octanol–water partition coefficient (Wildman–Crippen LogP) is 2.50. The van der Waals surface area contributed by atoms with E-state index in [4.69, 9.17) is 4.74 Å². The monoisotopic (exact) mass is 178 g/mol. The largest absolute Gasteiger partial charge is 0.508 e. The third-order valence-corrected chi connectivity index (χ3v) is 2.40. The minimum Gasteiger partial charge on any atom is -0.508 e. The average Bonchev–Trinajstić information content (AvgIpc) is 2.46. The van der Waals surface area contributed by atoms with Crippen molar-refractivity contribution in [3.63, 3.8) is 0 Å². The van der Waals surface area contributed by atoms with Crippen LogP contribution in [0.15, 0.2) is 18.2 Å². The summed E-state index contributed by atoms with van der Waals surface area (Å²) in [5, 5.41) is 9.23. The SMILES string of the molecule is CCCC1Cc2ccc(O)cc2O1. The zero-order chi connectivity index (χ0) is 9.26. The molecule has 0 bridgehead atoms. The Kier molecular flexibility index (Phi) is 2.13. The fraction of sp³-hybridized carbons (Fsp3) is 0.455. The lowest BCUT2D eigenvalue weighted by Gasteiger charge is -2.07. The highest BCUT2D eigenvalue weighted by Gasteiger charge is 2.21. The first kappa shape index (κ1) is 8.42. The maximum atomic E-state index is 9.23. The zero-order valence-corrected chi connectivity index (χ0v) is 7.79. The lowest BCUT2D eigenvalue weighted by Crippen LogP contribution is -2.11. The third-order valence-electron chi connectivity index (χ3n) is 2.40. The average molecular weight is 178 g/mol. The van der Waals surface area contributed by atoms with Crippen molar-refractivity contribution in [1.29, 1.82) is 0 Å². The Morgan fingerprint density at radius 3 is 3.15 bits per heavy atom. The first-order valence-electron chi connectivity index (χ1n) is 4.78. The van der Waals surface area contributed by atoms with Crippen LogP contribution in [0.4, 0.5) is 0 Å². The number of benzene rings is 1. The van der Waals surface area contributed by atoms with E-state index >= 15 is 0 Å². The third kappa shape index (κ3) is 1.62. The Morgan fingerprint density at radius 1 is 1.54 bits per heavy atom. The molecule has 0 radical (unpaired) electrons. The second-order valence-corrected chi connectivity index (χ2v) is 3.52. The maximum absolute atomic E-state index is 9.23. The van der Waals surface area contributed by atoms with Crippen LogP contribution in [0.1, 0.15) is 25.3 Å². The van der Waals surface area contributed by atoms with Gasteiger partial charge in [-0.05, 0) is 18.1 Å². The molecule has 2 heteroatoms. The molecule has 1 aliphatic rings. The molecule has 2 nitrogen and oxygen atoms in total. The van der Waals surface area contributed by atoms with E-state index in [9.17, 15) is 5.11 Å². The van der Waals surface area contributed by atoms with E-state index in [1.807, 2.05) is 6.07 Å². The van der Waals surface area contributed by atoms with E-state index < -0.39 is 0 Å². The summed E-state index contributed by atoms with van der Waals surface area (Å²) in [6.45, 7) is 2.16. The number of phenolic OH excluding ortho intramolecular Hbond substituents is 1. The van der Waals surface area contributed by atoms with Gasteiger partial charge in [-0.25, -0.2) is 0 Å². The Balaban J connectivity index is 2.16. The van der Waals surface area contributed by atoms with Crippen LogP contribution in [0.2, 0.25) is 0 Å². The van der Waals surface area contributed by atoms with E-state index in [-0.39, 0.29) is 5.75 Å². The van der Waals surface area contributed by atoms with Gasteiger partial charge in [-0.1, -0.05) is 19.4 Å². The number of rotatable bonds is 2. The van der Waals surface area contributed by atoms with Crippen LogP contribution in [-0.2, 0) is 6.42 Å². The normalized spacial score (nSPS) is 19.6. The summed E-state index contributed by atoms with van der Waals surface area (Å²) >= 11 is 0. The molecule has 1 aliphatic heterocycles. The summed E-state index contributed by atoms with van der Waals surface area (Å²) in [7, 11) is 0. The first-order valence-corrected chi connectivity index (χ1v) is 4.78.